The van der Waals surface area contributed by atoms with Gasteiger partial charge in [0.05, 0.1) is 18.9 Å². The van der Waals surface area contributed by atoms with Gasteiger partial charge in [-0.3, -0.25) is 4.40 Å². The number of amides is 2. The van der Waals surface area contributed by atoms with Crippen LogP contribution in [0.2, 0.25) is 0 Å². The first kappa shape index (κ1) is 15.6. The summed E-state index contributed by atoms with van der Waals surface area (Å²) >= 11 is 0. The number of hydrogen-bond donors (Lipinski definition) is 1. The second-order valence-corrected chi connectivity index (χ2v) is 4.32. The van der Waals surface area contributed by atoms with Crippen LogP contribution < -0.4 is 10.4 Å². The minimum absolute atomic E-state index is 0.176. The number of fused-ring (bicyclic) bond motifs is 1. The van der Waals surface area contributed by atoms with E-state index in [1.807, 2.05) is 6.07 Å². The van der Waals surface area contributed by atoms with Crippen molar-refractivity contribution in [1.29, 1.82) is 0 Å². The van der Waals surface area contributed by atoms with Gasteiger partial charge in [-0.2, -0.15) is 5.01 Å². The van der Waals surface area contributed by atoms with Crippen molar-refractivity contribution in [3.05, 3.63) is 30.1 Å². The summed E-state index contributed by atoms with van der Waals surface area (Å²) in [7, 11) is 0. The normalized spacial score (nSPS) is 10.3. The Kier molecular flexibility index (Phi) is 4.82. The molecule has 0 saturated heterocycles. The number of pyridine rings is 1. The number of carbonyl (C=O) groups is 2. The monoisotopic (exact) mass is 306 g/mol. The van der Waals surface area contributed by atoms with E-state index in [1.54, 1.807) is 43.5 Å². The van der Waals surface area contributed by atoms with Crippen molar-refractivity contribution in [2.45, 2.75) is 20.8 Å². The lowest BCUT2D eigenvalue weighted by Crippen LogP contribution is -2.48. The van der Waals surface area contributed by atoms with Gasteiger partial charge in [-0.15, -0.1) is 0 Å². The lowest BCUT2D eigenvalue weighted by atomic mass is 10.4. The second-order valence-electron chi connectivity index (χ2n) is 4.32. The van der Waals surface area contributed by atoms with Gasteiger partial charge in [0, 0.05) is 6.20 Å². The molecule has 0 fully saturated rings. The Balaban J connectivity index is 2.44. The largest absolute Gasteiger partial charge is 0.449 e. The molecule has 2 aromatic heterocycles. The summed E-state index contributed by atoms with van der Waals surface area (Å²) in [4.78, 5) is 28.2. The summed E-state index contributed by atoms with van der Waals surface area (Å²) in [6.07, 6.45) is 0.272. The molecular formula is C14H18N4O4. The van der Waals surface area contributed by atoms with Crippen LogP contribution in [0.15, 0.2) is 24.4 Å². The van der Waals surface area contributed by atoms with Gasteiger partial charge in [-0.05, 0) is 32.9 Å². The average Bonchev–Trinajstić information content (AvgIpc) is 2.81. The van der Waals surface area contributed by atoms with Gasteiger partial charge >= 0.3 is 12.2 Å². The Bertz CT molecular complexity index is 683. The smallest absolute Gasteiger partial charge is 0.435 e. The molecule has 0 aliphatic carbocycles. The fraction of sp³-hybridized carbons (Fsp3) is 0.357. The van der Waals surface area contributed by atoms with Crippen molar-refractivity contribution in [1.82, 2.24) is 14.8 Å². The van der Waals surface area contributed by atoms with Crippen molar-refractivity contribution in [2.75, 3.05) is 18.2 Å². The number of hydrazine groups is 1. The fourth-order valence-electron chi connectivity index (χ4n) is 2.00. The predicted octanol–water partition coefficient (Wildman–Crippen LogP) is 2.27. The molecule has 8 heteroatoms. The first-order chi connectivity index (χ1) is 10.6. The molecule has 118 valence electrons. The molecular weight excluding hydrogens is 288 g/mol. The highest BCUT2D eigenvalue weighted by molar-refractivity contribution is 5.90. The van der Waals surface area contributed by atoms with Crippen LogP contribution in [-0.2, 0) is 9.47 Å². The van der Waals surface area contributed by atoms with Crippen molar-refractivity contribution >= 4 is 23.7 Å². The Morgan fingerprint density at radius 1 is 1.27 bits per heavy atom. The molecule has 2 heterocycles. The topological polar surface area (TPSA) is 85.2 Å². The Morgan fingerprint density at radius 3 is 2.68 bits per heavy atom. The van der Waals surface area contributed by atoms with E-state index in [9.17, 15) is 9.59 Å². The van der Waals surface area contributed by atoms with E-state index in [4.69, 9.17) is 9.47 Å². The molecule has 0 saturated carbocycles. The number of hydrogen-bond acceptors (Lipinski definition) is 5. The van der Waals surface area contributed by atoms with Crippen LogP contribution in [0.4, 0.5) is 15.4 Å². The minimum Gasteiger partial charge on any atom is -0.449 e. The highest BCUT2D eigenvalue weighted by atomic mass is 16.6. The number of aryl methyl sites for hydroxylation is 1. The van der Waals surface area contributed by atoms with E-state index in [0.29, 0.717) is 17.2 Å². The van der Waals surface area contributed by atoms with E-state index in [0.717, 1.165) is 5.01 Å². The number of ether oxygens (including phenoxy) is 2. The molecule has 0 atom stereocenters. The van der Waals surface area contributed by atoms with Crippen LogP contribution >= 0.6 is 0 Å². The van der Waals surface area contributed by atoms with Gasteiger partial charge in [0.15, 0.2) is 5.82 Å². The molecule has 0 radical (unpaired) electrons. The Morgan fingerprint density at radius 2 is 2.00 bits per heavy atom. The molecule has 2 rings (SSSR count). The summed E-state index contributed by atoms with van der Waals surface area (Å²) in [5.41, 5.74) is 3.59. The SMILES string of the molecule is CCOC(=O)NN(C(=O)OCC)c1c(C)nc2ccccn12. The van der Waals surface area contributed by atoms with Crippen molar-refractivity contribution in [3.8, 4) is 0 Å². The number of carbonyl (C=O) groups excluding carboxylic acids is 2. The third kappa shape index (κ3) is 3.11. The maximum Gasteiger partial charge on any atom is 0.435 e. The maximum absolute atomic E-state index is 12.2. The van der Waals surface area contributed by atoms with Crippen molar-refractivity contribution in [2.24, 2.45) is 0 Å². The molecule has 22 heavy (non-hydrogen) atoms. The first-order valence-electron chi connectivity index (χ1n) is 6.92. The Hall–Kier alpha value is -2.77. The first-order valence-corrected chi connectivity index (χ1v) is 6.92. The number of aromatic nitrogens is 2. The molecule has 0 aliphatic rings. The zero-order valence-electron chi connectivity index (χ0n) is 12.7. The quantitative estimate of drug-likeness (QED) is 0.879. The highest BCUT2D eigenvalue weighted by Gasteiger charge is 2.26. The lowest BCUT2D eigenvalue weighted by Gasteiger charge is -2.21. The molecule has 8 nitrogen and oxygen atoms in total. The summed E-state index contributed by atoms with van der Waals surface area (Å²) in [5.74, 6) is 0.391. The molecule has 0 bridgehead atoms. The molecule has 0 spiro atoms. The molecule has 0 aromatic carbocycles. The average molecular weight is 306 g/mol. The summed E-state index contributed by atoms with van der Waals surface area (Å²) in [5, 5.41) is 0.997. The molecule has 2 aromatic rings. The van der Waals surface area contributed by atoms with Crippen LogP contribution in [0.3, 0.4) is 0 Å². The van der Waals surface area contributed by atoms with E-state index in [-0.39, 0.29) is 13.2 Å². The van der Waals surface area contributed by atoms with E-state index in [2.05, 4.69) is 10.4 Å². The van der Waals surface area contributed by atoms with Crippen LogP contribution in [0, 0.1) is 6.92 Å². The maximum atomic E-state index is 12.2. The third-order valence-electron chi connectivity index (χ3n) is 2.81. The molecule has 1 N–H and O–H groups in total. The molecule has 0 aliphatic heterocycles. The standard InChI is InChI=1S/C14H18N4O4/c1-4-21-13(19)16-18(14(20)22-5-2)12-10(3)15-11-8-6-7-9-17(11)12/h6-9H,4-5H2,1-3H3,(H,16,19). The van der Waals surface area contributed by atoms with Crippen molar-refractivity contribution in [3.63, 3.8) is 0 Å². The van der Waals surface area contributed by atoms with Gasteiger partial charge in [0.25, 0.3) is 0 Å². The number of imidazole rings is 1. The van der Waals surface area contributed by atoms with Crippen molar-refractivity contribution < 1.29 is 19.1 Å². The third-order valence-corrected chi connectivity index (χ3v) is 2.81. The lowest BCUT2D eigenvalue weighted by molar-refractivity contribution is 0.138. The fourth-order valence-corrected chi connectivity index (χ4v) is 2.00. The Labute approximate surface area is 127 Å². The number of rotatable bonds is 3. The van der Waals surface area contributed by atoms with E-state index < -0.39 is 12.2 Å². The van der Waals surface area contributed by atoms with Gasteiger partial charge in [-0.1, -0.05) is 6.07 Å². The summed E-state index contributed by atoms with van der Waals surface area (Å²) in [6, 6.07) is 5.43. The minimum atomic E-state index is -0.749. The van der Waals surface area contributed by atoms with Crippen LogP contribution in [-0.4, -0.2) is 34.8 Å². The van der Waals surface area contributed by atoms with Crippen LogP contribution in [0.5, 0.6) is 0 Å². The second kappa shape index (κ2) is 6.79. The number of nitrogens with zero attached hydrogens (tertiary/aromatic N) is 3. The number of nitrogens with one attached hydrogen (secondary N) is 1. The zero-order chi connectivity index (χ0) is 16.1. The van der Waals surface area contributed by atoms with Gasteiger partial charge in [-0.25, -0.2) is 20.0 Å². The molecule has 0 unspecified atom stereocenters. The number of anilines is 1. The summed E-state index contributed by atoms with van der Waals surface area (Å²) < 4.78 is 11.5. The van der Waals surface area contributed by atoms with Gasteiger partial charge < -0.3 is 9.47 Å². The summed E-state index contributed by atoms with van der Waals surface area (Å²) in [6.45, 7) is 5.46. The zero-order valence-corrected chi connectivity index (χ0v) is 12.7. The van der Waals surface area contributed by atoms with E-state index in [1.165, 1.54) is 0 Å². The van der Waals surface area contributed by atoms with Gasteiger partial charge in [0.2, 0.25) is 0 Å². The van der Waals surface area contributed by atoms with E-state index >= 15 is 0 Å². The highest BCUT2D eigenvalue weighted by Crippen LogP contribution is 2.21. The van der Waals surface area contributed by atoms with Crippen LogP contribution in [0.1, 0.15) is 19.5 Å². The predicted molar refractivity (Wildman–Crippen MR) is 79.6 cm³/mol. The van der Waals surface area contributed by atoms with Gasteiger partial charge in [0.1, 0.15) is 5.65 Å². The molecule has 2 amide bonds. The van der Waals surface area contributed by atoms with Crippen LogP contribution in [0.25, 0.3) is 5.65 Å².